The number of hydrogen-bond donors (Lipinski definition) is 1. The summed E-state index contributed by atoms with van der Waals surface area (Å²) in [7, 11) is 0. The minimum Gasteiger partial charge on any atom is -0.320 e. The highest BCUT2D eigenvalue weighted by Gasteiger charge is 2.18. The number of aryl methyl sites for hydroxylation is 1. The molecule has 4 rings (SSSR count). The van der Waals surface area contributed by atoms with Crippen LogP contribution in [0.2, 0.25) is 0 Å². The number of anilines is 1. The second kappa shape index (κ2) is 8.01. The summed E-state index contributed by atoms with van der Waals surface area (Å²) in [5, 5.41) is 8.30. The maximum atomic E-state index is 13.1. The molecule has 0 aliphatic rings. The van der Waals surface area contributed by atoms with Crippen molar-refractivity contribution < 1.29 is 4.79 Å². The van der Waals surface area contributed by atoms with E-state index in [1.165, 1.54) is 4.68 Å². The maximum absolute atomic E-state index is 13.1. The SMILES string of the molecule is Cc1ccc(NC(=O)c2nn(Cc3ccccc3)c(=O)c3ccccc23)c(Br)c1. The summed E-state index contributed by atoms with van der Waals surface area (Å²) >= 11 is 3.48. The summed E-state index contributed by atoms with van der Waals surface area (Å²) in [5.41, 5.74) is 2.65. The van der Waals surface area contributed by atoms with Gasteiger partial charge in [0.05, 0.1) is 17.6 Å². The summed E-state index contributed by atoms with van der Waals surface area (Å²) in [4.78, 5) is 26.0. The summed E-state index contributed by atoms with van der Waals surface area (Å²) < 4.78 is 2.13. The van der Waals surface area contributed by atoms with Gasteiger partial charge in [0.15, 0.2) is 5.69 Å². The fourth-order valence-electron chi connectivity index (χ4n) is 3.17. The molecule has 0 spiro atoms. The number of rotatable bonds is 4. The van der Waals surface area contributed by atoms with Crippen LogP contribution in [0, 0.1) is 6.92 Å². The molecule has 0 bridgehead atoms. The highest BCUT2D eigenvalue weighted by molar-refractivity contribution is 9.10. The Balaban J connectivity index is 1.79. The molecule has 0 atom stereocenters. The molecule has 3 aromatic carbocycles. The topological polar surface area (TPSA) is 64.0 Å². The maximum Gasteiger partial charge on any atom is 0.276 e. The van der Waals surface area contributed by atoms with Gasteiger partial charge >= 0.3 is 0 Å². The lowest BCUT2D eigenvalue weighted by molar-refractivity contribution is 0.102. The fraction of sp³-hybridized carbons (Fsp3) is 0.0870. The number of carbonyl (C=O) groups is 1. The smallest absolute Gasteiger partial charge is 0.276 e. The van der Waals surface area contributed by atoms with Crippen LogP contribution < -0.4 is 10.9 Å². The Morgan fingerprint density at radius 1 is 1.00 bits per heavy atom. The van der Waals surface area contributed by atoms with Gasteiger partial charge in [-0.25, -0.2) is 4.68 Å². The monoisotopic (exact) mass is 447 g/mol. The first kappa shape index (κ1) is 19.1. The zero-order chi connectivity index (χ0) is 20.4. The van der Waals surface area contributed by atoms with Crippen LogP contribution in [0.15, 0.2) is 82.1 Å². The van der Waals surface area contributed by atoms with Crippen LogP contribution in [-0.2, 0) is 6.54 Å². The second-order valence-corrected chi connectivity index (χ2v) is 7.63. The van der Waals surface area contributed by atoms with E-state index in [1.807, 2.05) is 55.5 Å². The molecule has 0 unspecified atom stereocenters. The molecule has 1 amide bonds. The van der Waals surface area contributed by atoms with E-state index in [-0.39, 0.29) is 17.2 Å². The molecule has 0 fully saturated rings. The van der Waals surface area contributed by atoms with E-state index >= 15 is 0 Å². The molecule has 0 aliphatic heterocycles. The van der Waals surface area contributed by atoms with Crippen molar-refractivity contribution in [3.63, 3.8) is 0 Å². The zero-order valence-electron chi connectivity index (χ0n) is 15.7. The Labute approximate surface area is 176 Å². The first-order chi connectivity index (χ1) is 14.0. The van der Waals surface area contributed by atoms with Crippen molar-refractivity contribution in [2.24, 2.45) is 0 Å². The summed E-state index contributed by atoms with van der Waals surface area (Å²) in [5.74, 6) is -0.368. The standard InChI is InChI=1S/C23H18BrN3O2/c1-15-11-12-20(19(24)13-15)25-22(28)21-17-9-5-6-10-18(17)23(29)27(26-21)14-16-7-3-2-4-8-16/h2-13H,14H2,1H3,(H,25,28). The largest absolute Gasteiger partial charge is 0.320 e. The van der Waals surface area contributed by atoms with Crippen molar-refractivity contribution >= 4 is 38.3 Å². The van der Waals surface area contributed by atoms with Crippen LogP contribution in [0.4, 0.5) is 5.69 Å². The molecule has 144 valence electrons. The number of amides is 1. The van der Waals surface area contributed by atoms with Crippen LogP contribution in [-0.4, -0.2) is 15.7 Å². The van der Waals surface area contributed by atoms with Gasteiger partial charge in [0, 0.05) is 9.86 Å². The summed E-state index contributed by atoms with van der Waals surface area (Å²) in [6, 6.07) is 22.3. The Morgan fingerprint density at radius 3 is 2.41 bits per heavy atom. The lowest BCUT2D eigenvalue weighted by Gasteiger charge is -2.12. The average Bonchev–Trinajstić information content (AvgIpc) is 2.73. The van der Waals surface area contributed by atoms with Crippen LogP contribution in [0.5, 0.6) is 0 Å². The van der Waals surface area contributed by atoms with E-state index < -0.39 is 0 Å². The van der Waals surface area contributed by atoms with Gasteiger partial charge < -0.3 is 5.32 Å². The molecule has 6 heteroatoms. The number of carbonyl (C=O) groups excluding carboxylic acids is 1. The second-order valence-electron chi connectivity index (χ2n) is 6.78. The summed E-state index contributed by atoms with van der Waals surface area (Å²) in [6.45, 7) is 2.27. The lowest BCUT2D eigenvalue weighted by atomic mass is 10.1. The molecule has 0 aliphatic carbocycles. The van der Waals surface area contributed by atoms with Crippen LogP contribution >= 0.6 is 15.9 Å². The van der Waals surface area contributed by atoms with Gasteiger partial charge in [-0.2, -0.15) is 5.10 Å². The van der Waals surface area contributed by atoms with Crippen molar-refractivity contribution in [1.82, 2.24) is 9.78 Å². The number of benzene rings is 3. The van der Waals surface area contributed by atoms with Gasteiger partial charge in [0.25, 0.3) is 11.5 Å². The van der Waals surface area contributed by atoms with E-state index in [0.717, 1.165) is 15.6 Å². The predicted octanol–water partition coefficient (Wildman–Crippen LogP) is 4.77. The zero-order valence-corrected chi connectivity index (χ0v) is 17.3. The minimum atomic E-state index is -0.368. The van der Waals surface area contributed by atoms with Gasteiger partial charge in [-0.3, -0.25) is 9.59 Å². The van der Waals surface area contributed by atoms with Crippen molar-refractivity contribution in [1.29, 1.82) is 0 Å². The van der Waals surface area contributed by atoms with E-state index in [4.69, 9.17) is 0 Å². The van der Waals surface area contributed by atoms with Crippen molar-refractivity contribution in [2.75, 3.05) is 5.32 Å². The van der Waals surface area contributed by atoms with Crippen LogP contribution in [0.3, 0.4) is 0 Å². The number of nitrogens with one attached hydrogen (secondary N) is 1. The van der Waals surface area contributed by atoms with Gasteiger partial charge in [0.2, 0.25) is 0 Å². The molecule has 5 nitrogen and oxygen atoms in total. The molecule has 1 aromatic heterocycles. The Bertz CT molecular complexity index is 1270. The van der Waals surface area contributed by atoms with Gasteiger partial charge in [-0.05, 0) is 52.2 Å². The van der Waals surface area contributed by atoms with Gasteiger partial charge in [-0.1, -0.05) is 54.6 Å². The third kappa shape index (κ3) is 3.98. The minimum absolute atomic E-state index is 0.212. The average molecular weight is 448 g/mol. The molecular weight excluding hydrogens is 430 g/mol. The van der Waals surface area contributed by atoms with Gasteiger partial charge in [0.1, 0.15) is 0 Å². The Hall–Kier alpha value is -3.25. The lowest BCUT2D eigenvalue weighted by Crippen LogP contribution is -2.28. The number of fused-ring (bicyclic) bond motifs is 1. The van der Waals surface area contributed by atoms with E-state index in [2.05, 4.69) is 26.3 Å². The van der Waals surface area contributed by atoms with Crippen molar-refractivity contribution in [2.45, 2.75) is 13.5 Å². The first-order valence-electron chi connectivity index (χ1n) is 9.14. The van der Waals surface area contributed by atoms with Crippen molar-refractivity contribution in [3.05, 3.63) is 104 Å². The van der Waals surface area contributed by atoms with Crippen LogP contribution in [0.1, 0.15) is 21.6 Å². The molecule has 29 heavy (non-hydrogen) atoms. The van der Waals surface area contributed by atoms with E-state index in [1.54, 1.807) is 24.3 Å². The first-order valence-corrected chi connectivity index (χ1v) is 9.93. The predicted molar refractivity (Wildman–Crippen MR) is 118 cm³/mol. The Kier molecular flexibility index (Phi) is 5.27. The Morgan fingerprint density at radius 2 is 1.69 bits per heavy atom. The quantitative estimate of drug-likeness (QED) is 0.489. The number of aromatic nitrogens is 2. The normalized spacial score (nSPS) is 10.8. The highest BCUT2D eigenvalue weighted by Crippen LogP contribution is 2.24. The molecular formula is C23H18BrN3O2. The van der Waals surface area contributed by atoms with E-state index in [9.17, 15) is 9.59 Å². The number of nitrogens with zero attached hydrogens (tertiary/aromatic N) is 2. The fourth-order valence-corrected chi connectivity index (χ4v) is 3.76. The molecule has 0 saturated carbocycles. The van der Waals surface area contributed by atoms with Crippen molar-refractivity contribution in [3.8, 4) is 0 Å². The molecule has 1 N–H and O–H groups in total. The van der Waals surface area contributed by atoms with Crippen LogP contribution in [0.25, 0.3) is 10.8 Å². The highest BCUT2D eigenvalue weighted by atomic mass is 79.9. The number of halogens is 1. The third-order valence-corrected chi connectivity index (χ3v) is 5.29. The molecule has 0 saturated heterocycles. The summed E-state index contributed by atoms with van der Waals surface area (Å²) in [6.07, 6.45) is 0. The van der Waals surface area contributed by atoms with Gasteiger partial charge in [-0.15, -0.1) is 0 Å². The molecule has 4 aromatic rings. The number of hydrogen-bond acceptors (Lipinski definition) is 3. The molecule has 0 radical (unpaired) electrons. The van der Waals surface area contributed by atoms with E-state index in [0.29, 0.717) is 23.0 Å². The molecule has 1 heterocycles. The third-order valence-electron chi connectivity index (χ3n) is 4.63.